The van der Waals surface area contributed by atoms with Crippen LogP contribution in [-0.4, -0.2) is 74.6 Å². The Morgan fingerprint density at radius 2 is 1.39 bits per heavy atom. The average molecular weight is 536 g/mol. The number of ether oxygens (including phenoxy) is 2. The Morgan fingerprint density at radius 1 is 0.842 bits per heavy atom. The molecule has 0 radical (unpaired) electrons. The third kappa shape index (κ3) is 26.2. The molecule has 0 aromatic carbocycles. The second-order valence-corrected chi connectivity index (χ2v) is 10.2. The Morgan fingerprint density at radius 3 is 1.92 bits per heavy atom. The van der Waals surface area contributed by atoms with Crippen molar-refractivity contribution in [2.75, 3.05) is 40.8 Å². The predicted octanol–water partition coefficient (Wildman–Crippen LogP) is 5.95. The van der Waals surface area contributed by atoms with Crippen LogP contribution in [0.1, 0.15) is 77.6 Å². The van der Waals surface area contributed by atoms with Crippen LogP contribution in [0.5, 0.6) is 0 Å². The van der Waals surface area contributed by atoms with Gasteiger partial charge in [-0.25, -0.2) is 4.79 Å². The molecule has 0 aliphatic rings. The van der Waals surface area contributed by atoms with Crippen LogP contribution in [0.25, 0.3) is 0 Å². The van der Waals surface area contributed by atoms with Crippen molar-refractivity contribution in [3.05, 3.63) is 48.6 Å². The fourth-order valence-electron chi connectivity index (χ4n) is 3.47. The molecular formula is C30H51N2O6+. The molecule has 0 saturated heterocycles. The van der Waals surface area contributed by atoms with Crippen LogP contribution in [0.3, 0.4) is 0 Å². The first-order valence-electron chi connectivity index (χ1n) is 13.9. The second-order valence-electron chi connectivity index (χ2n) is 10.2. The first-order chi connectivity index (χ1) is 18.1. The molecule has 1 unspecified atom stereocenters. The van der Waals surface area contributed by atoms with E-state index in [9.17, 15) is 14.4 Å². The summed E-state index contributed by atoms with van der Waals surface area (Å²) in [5.74, 6) is -1.15. The van der Waals surface area contributed by atoms with Crippen molar-refractivity contribution in [1.29, 1.82) is 0 Å². The summed E-state index contributed by atoms with van der Waals surface area (Å²) in [6.45, 7) is 2.71. The maximum absolute atomic E-state index is 11.9. The summed E-state index contributed by atoms with van der Waals surface area (Å²) in [6.07, 6.45) is 25.2. The molecular weight excluding hydrogens is 484 g/mol. The molecule has 38 heavy (non-hydrogen) atoms. The molecule has 0 spiro atoms. The average Bonchev–Trinajstić information content (AvgIpc) is 2.82. The van der Waals surface area contributed by atoms with Crippen molar-refractivity contribution in [2.24, 2.45) is 0 Å². The molecule has 1 atom stereocenters. The highest BCUT2D eigenvalue weighted by Gasteiger charge is 2.25. The number of unbranched alkanes of at least 4 members (excludes halogenated alkanes) is 4. The van der Waals surface area contributed by atoms with Gasteiger partial charge in [0.15, 0.2) is 6.10 Å². The summed E-state index contributed by atoms with van der Waals surface area (Å²) < 4.78 is 10.5. The fourth-order valence-corrected chi connectivity index (χ4v) is 3.47. The first kappa shape index (κ1) is 35.1. The van der Waals surface area contributed by atoms with Gasteiger partial charge >= 0.3 is 12.1 Å². The smallest absolute Gasteiger partial charge is 0.481 e. The molecule has 0 aliphatic heterocycles. The molecule has 1 amide bonds. The van der Waals surface area contributed by atoms with Gasteiger partial charge in [-0.2, -0.15) is 0 Å². The molecule has 216 valence electrons. The molecule has 2 N–H and O–H groups in total. The number of hydrogen-bond donors (Lipinski definition) is 2. The van der Waals surface area contributed by atoms with Crippen LogP contribution in [0, 0.1) is 0 Å². The monoisotopic (exact) mass is 535 g/mol. The van der Waals surface area contributed by atoms with E-state index in [-0.39, 0.29) is 25.5 Å². The van der Waals surface area contributed by atoms with Crippen molar-refractivity contribution >= 4 is 18.0 Å². The lowest BCUT2D eigenvalue weighted by atomic mass is 10.2. The van der Waals surface area contributed by atoms with E-state index in [1.165, 1.54) is 25.7 Å². The fraction of sp³-hybridized carbons (Fsp3) is 0.633. The minimum Gasteiger partial charge on any atom is -0.481 e. The van der Waals surface area contributed by atoms with Crippen LogP contribution in [0.15, 0.2) is 48.6 Å². The summed E-state index contributed by atoms with van der Waals surface area (Å²) in [5, 5.41) is 11.7. The van der Waals surface area contributed by atoms with Crippen LogP contribution < -0.4 is 5.32 Å². The number of nitrogens with zero attached hydrogens (tertiary/aromatic N) is 1. The summed E-state index contributed by atoms with van der Waals surface area (Å²) in [7, 11) is 5.63. The number of carbonyl (C=O) groups is 3. The Kier molecular flexibility index (Phi) is 21.5. The molecule has 0 rings (SSSR count). The van der Waals surface area contributed by atoms with E-state index < -0.39 is 18.2 Å². The Labute approximate surface area is 230 Å². The van der Waals surface area contributed by atoms with E-state index >= 15 is 0 Å². The van der Waals surface area contributed by atoms with Gasteiger partial charge in [0, 0.05) is 6.42 Å². The molecule has 8 nitrogen and oxygen atoms in total. The lowest BCUT2D eigenvalue weighted by molar-refractivity contribution is -0.873. The zero-order valence-electron chi connectivity index (χ0n) is 24.0. The summed E-state index contributed by atoms with van der Waals surface area (Å²) in [6, 6.07) is 0. The molecule has 0 heterocycles. The van der Waals surface area contributed by atoms with Crippen LogP contribution in [-0.2, 0) is 19.1 Å². The third-order valence-electron chi connectivity index (χ3n) is 5.29. The van der Waals surface area contributed by atoms with E-state index in [1.54, 1.807) is 0 Å². The standard InChI is InChI=1S/C30H50N2O6/c1-5-6-7-8-9-10-11-12-13-14-15-16-17-18-19-20-21-22-28(33)31-23-24-37-30(36)38-27(25-29(34)35)26-32(2,3)4/h9-10,12-13,15-16,18-19,27H,5-8,11,14,17,20-26H2,1-4H3,(H-,31,33,34,35)/p+1/b10-9-,13-12-,16-15-,19-18-. The molecule has 0 aliphatic carbocycles. The molecule has 0 fully saturated rings. The van der Waals surface area contributed by atoms with E-state index in [0.717, 1.165) is 32.1 Å². The Balaban J connectivity index is 3.80. The molecule has 0 saturated carbocycles. The predicted molar refractivity (Wildman–Crippen MR) is 153 cm³/mol. The highest BCUT2D eigenvalue weighted by molar-refractivity contribution is 5.75. The number of amides is 1. The minimum atomic E-state index is -1.05. The minimum absolute atomic E-state index is 0.0358. The summed E-state index contributed by atoms with van der Waals surface area (Å²) in [5.41, 5.74) is 0. The zero-order valence-corrected chi connectivity index (χ0v) is 24.0. The normalized spacial score (nSPS) is 13.1. The van der Waals surface area contributed by atoms with Gasteiger partial charge in [-0.15, -0.1) is 0 Å². The van der Waals surface area contributed by atoms with E-state index in [1.807, 2.05) is 21.1 Å². The highest BCUT2D eigenvalue weighted by Crippen LogP contribution is 2.06. The third-order valence-corrected chi connectivity index (χ3v) is 5.29. The van der Waals surface area contributed by atoms with Gasteiger partial charge < -0.3 is 24.4 Å². The van der Waals surface area contributed by atoms with Crippen LogP contribution in [0.2, 0.25) is 0 Å². The van der Waals surface area contributed by atoms with E-state index in [0.29, 0.717) is 17.4 Å². The maximum atomic E-state index is 11.9. The Bertz CT molecular complexity index is 765. The highest BCUT2D eigenvalue weighted by atomic mass is 16.7. The van der Waals surface area contributed by atoms with Gasteiger partial charge in [-0.05, 0) is 44.9 Å². The number of carboxylic acids is 1. The number of rotatable bonds is 22. The number of likely N-dealkylation sites (N-methyl/N-ethyl adjacent to an activating group) is 1. The molecule has 0 aromatic rings. The van der Waals surface area contributed by atoms with Gasteiger partial charge in [-0.3, -0.25) is 9.59 Å². The number of nitrogens with one attached hydrogen (secondary N) is 1. The van der Waals surface area contributed by atoms with Crippen LogP contribution in [0.4, 0.5) is 4.79 Å². The van der Waals surface area contributed by atoms with Crippen molar-refractivity contribution < 1.29 is 33.4 Å². The van der Waals surface area contributed by atoms with Gasteiger partial charge in [0.1, 0.15) is 13.2 Å². The first-order valence-corrected chi connectivity index (χ1v) is 13.9. The number of aliphatic carboxylic acids is 1. The van der Waals surface area contributed by atoms with E-state index in [4.69, 9.17) is 14.6 Å². The van der Waals surface area contributed by atoms with Gasteiger partial charge in [0.25, 0.3) is 0 Å². The number of hydrogen-bond acceptors (Lipinski definition) is 5. The lowest BCUT2D eigenvalue weighted by Gasteiger charge is -2.28. The number of allylic oxidation sites excluding steroid dienone is 8. The quantitative estimate of drug-likeness (QED) is 0.0769. The second kappa shape index (κ2) is 23.3. The van der Waals surface area contributed by atoms with Gasteiger partial charge in [-0.1, -0.05) is 68.4 Å². The molecule has 8 heteroatoms. The maximum Gasteiger partial charge on any atom is 0.508 e. The number of carbonyl (C=O) groups excluding carboxylic acids is 2. The van der Waals surface area contributed by atoms with Crippen molar-refractivity contribution in [3.63, 3.8) is 0 Å². The van der Waals surface area contributed by atoms with Crippen molar-refractivity contribution in [1.82, 2.24) is 5.32 Å². The summed E-state index contributed by atoms with van der Waals surface area (Å²) in [4.78, 5) is 34.7. The van der Waals surface area contributed by atoms with Gasteiger partial charge in [0.05, 0.1) is 34.1 Å². The lowest BCUT2D eigenvalue weighted by Crippen LogP contribution is -2.44. The van der Waals surface area contributed by atoms with Crippen LogP contribution >= 0.6 is 0 Å². The van der Waals surface area contributed by atoms with Crippen molar-refractivity contribution in [3.8, 4) is 0 Å². The largest absolute Gasteiger partial charge is 0.508 e. The number of carboxylic acid groups (broad SMARTS) is 1. The topological polar surface area (TPSA) is 102 Å². The summed E-state index contributed by atoms with van der Waals surface area (Å²) >= 11 is 0. The van der Waals surface area contributed by atoms with Gasteiger partial charge in [0.2, 0.25) is 5.91 Å². The Hall–Kier alpha value is -2.87. The van der Waals surface area contributed by atoms with Crippen molar-refractivity contribution in [2.45, 2.75) is 83.7 Å². The zero-order chi connectivity index (χ0) is 28.5. The molecule has 0 bridgehead atoms. The molecule has 0 aromatic heterocycles. The SMILES string of the molecule is CCCCC/C=C\C/C=C\C/C=C\C/C=C\CCCC(=O)NCCOC(=O)OC(CC(=O)O)C[N+](C)(C)C. The number of quaternary nitrogens is 1. The van der Waals surface area contributed by atoms with E-state index in [2.05, 4.69) is 60.8 Å².